The summed E-state index contributed by atoms with van der Waals surface area (Å²) >= 11 is 0. The van der Waals surface area contributed by atoms with Gasteiger partial charge in [0.2, 0.25) is 11.8 Å². The maximum absolute atomic E-state index is 14.0. The maximum atomic E-state index is 14.0. The molecule has 41 heavy (non-hydrogen) atoms. The second kappa shape index (κ2) is 13.8. The summed E-state index contributed by atoms with van der Waals surface area (Å²) in [5, 5.41) is 3.10. The van der Waals surface area contributed by atoms with Gasteiger partial charge in [-0.1, -0.05) is 67.3 Å². The molecule has 0 saturated heterocycles. The molecule has 0 spiro atoms. The highest BCUT2D eigenvalue weighted by molar-refractivity contribution is 7.92. The second-order valence-corrected chi connectivity index (χ2v) is 12.5. The number of hydrogen-bond acceptors (Lipinski definition) is 4. The summed E-state index contributed by atoms with van der Waals surface area (Å²) in [6.07, 6.45) is 5.57. The Balaban J connectivity index is 1.63. The number of benzene rings is 3. The number of amides is 2. The van der Waals surface area contributed by atoms with Crippen molar-refractivity contribution < 1.29 is 22.4 Å². The molecule has 1 aliphatic rings. The average Bonchev–Trinajstić information content (AvgIpc) is 2.97. The van der Waals surface area contributed by atoms with Crippen LogP contribution in [0, 0.1) is 12.7 Å². The number of rotatable bonds is 11. The van der Waals surface area contributed by atoms with Crippen LogP contribution in [0.1, 0.15) is 50.2 Å². The van der Waals surface area contributed by atoms with E-state index >= 15 is 0 Å². The Kier molecular flexibility index (Phi) is 10.2. The molecule has 1 fully saturated rings. The van der Waals surface area contributed by atoms with Gasteiger partial charge in [-0.05, 0) is 75.1 Å². The summed E-state index contributed by atoms with van der Waals surface area (Å²) in [5.41, 5.74) is 2.04. The van der Waals surface area contributed by atoms with Crippen LogP contribution in [0.3, 0.4) is 0 Å². The normalized spacial score (nSPS) is 14.7. The molecule has 1 aliphatic carbocycles. The molecule has 0 bridgehead atoms. The highest BCUT2D eigenvalue weighted by atomic mass is 32.2. The van der Waals surface area contributed by atoms with Gasteiger partial charge in [-0.25, -0.2) is 12.8 Å². The zero-order valence-corrected chi connectivity index (χ0v) is 24.4. The molecular formula is C32H38FN3O4S. The van der Waals surface area contributed by atoms with E-state index in [-0.39, 0.29) is 29.1 Å². The van der Waals surface area contributed by atoms with Crippen LogP contribution in [0.25, 0.3) is 0 Å². The van der Waals surface area contributed by atoms with Crippen molar-refractivity contribution in [3.05, 3.63) is 95.8 Å². The summed E-state index contributed by atoms with van der Waals surface area (Å²) in [5.74, 6) is -1.30. The third-order valence-electron chi connectivity index (χ3n) is 7.61. The third-order valence-corrected chi connectivity index (χ3v) is 9.39. The number of halogens is 1. The van der Waals surface area contributed by atoms with Crippen LogP contribution in [-0.4, -0.2) is 50.3 Å². The smallest absolute Gasteiger partial charge is 0.264 e. The molecular weight excluding hydrogens is 541 g/mol. The van der Waals surface area contributed by atoms with E-state index in [0.29, 0.717) is 6.42 Å². The minimum Gasteiger partial charge on any atom is -0.352 e. The summed E-state index contributed by atoms with van der Waals surface area (Å²) < 4.78 is 42.4. The van der Waals surface area contributed by atoms with Crippen molar-refractivity contribution in [2.45, 2.75) is 69.4 Å². The molecule has 1 N–H and O–H groups in total. The average molecular weight is 580 g/mol. The van der Waals surface area contributed by atoms with Crippen LogP contribution >= 0.6 is 0 Å². The number of sulfonamides is 1. The van der Waals surface area contributed by atoms with Gasteiger partial charge in [-0.3, -0.25) is 13.9 Å². The van der Waals surface area contributed by atoms with Crippen LogP contribution in [-0.2, 0) is 26.0 Å². The van der Waals surface area contributed by atoms with Gasteiger partial charge >= 0.3 is 0 Å². The summed E-state index contributed by atoms with van der Waals surface area (Å²) in [6.45, 7) is 3.21. The van der Waals surface area contributed by atoms with E-state index < -0.39 is 34.3 Å². The van der Waals surface area contributed by atoms with E-state index in [1.165, 1.54) is 29.2 Å². The first kappa shape index (κ1) is 30.2. The lowest BCUT2D eigenvalue weighted by Gasteiger charge is -2.33. The molecule has 218 valence electrons. The summed E-state index contributed by atoms with van der Waals surface area (Å²) in [6, 6.07) is 20.2. The van der Waals surface area contributed by atoms with Crippen LogP contribution < -0.4 is 9.62 Å². The number of carbonyl (C=O) groups is 2. The monoisotopic (exact) mass is 579 g/mol. The largest absolute Gasteiger partial charge is 0.352 e. The minimum absolute atomic E-state index is 0.0131. The molecule has 7 nitrogen and oxygen atoms in total. The summed E-state index contributed by atoms with van der Waals surface area (Å²) in [4.78, 5) is 28.7. The van der Waals surface area contributed by atoms with Crippen molar-refractivity contribution in [1.29, 1.82) is 0 Å². The predicted molar refractivity (Wildman–Crippen MR) is 158 cm³/mol. The molecule has 2 amide bonds. The third kappa shape index (κ3) is 7.94. The molecule has 3 aromatic carbocycles. The van der Waals surface area contributed by atoms with Crippen LogP contribution in [0.15, 0.2) is 83.8 Å². The van der Waals surface area contributed by atoms with E-state index in [0.717, 1.165) is 59.7 Å². The molecule has 0 radical (unpaired) electrons. The van der Waals surface area contributed by atoms with Gasteiger partial charge in [0.1, 0.15) is 18.4 Å². The highest BCUT2D eigenvalue weighted by Crippen LogP contribution is 2.25. The number of hydrogen-bond donors (Lipinski definition) is 1. The molecule has 0 unspecified atom stereocenters. The zero-order chi connectivity index (χ0) is 29.4. The lowest BCUT2D eigenvalue weighted by molar-refractivity contribution is -0.139. The number of nitrogens with zero attached hydrogens (tertiary/aromatic N) is 2. The van der Waals surface area contributed by atoms with Gasteiger partial charge in [0.05, 0.1) is 10.6 Å². The van der Waals surface area contributed by atoms with E-state index in [4.69, 9.17) is 0 Å². The van der Waals surface area contributed by atoms with Crippen molar-refractivity contribution in [2.75, 3.05) is 17.4 Å². The number of nitrogens with one attached hydrogen (secondary N) is 1. The fourth-order valence-electron chi connectivity index (χ4n) is 5.11. The summed E-state index contributed by atoms with van der Waals surface area (Å²) in [7, 11) is -4.19. The Morgan fingerprint density at radius 1 is 0.927 bits per heavy atom. The SMILES string of the molecule is Cc1ccc(S(=O)(=O)N(CC(=O)N(CCc2ccccc2)[C@H](C)C(=O)NC2CCCCC2)c2ccc(F)cc2)cc1. The lowest BCUT2D eigenvalue weighted by Crippen LogP contribution is -2.53. The standard InChI is InChI=1S/C32H38FN3O4S/c1-24-13-19-30(20-14-24)41(39,40)36(29-17-15-27(33)16-18-29)23-31(37)35(22-21-26-9-5-3-6-10-26)25(2)32(38)34-28-11-7-4-8-12-28/h3,5-6,9-10,13-20,25,28H,4,7-8,11-12,21-23H2,1-2H3,(H,34,38)/t25-/m1/s1. The molecule has 1 saturated carbocycles. The van der Waals surface area contributed by atoms with Crippen molar-refractivity contribution >= 4 is 27.5 Å². The quantitative estimate of drug-likeness (QED) is 0.337. The van der Waals surface area contributed by atoms with Crippen LogP contribution in [0.5, 0.6) is 0 Å². The van der Waals surface area contributed by atoms with Gasteiger partial charge in [-0.15, -0.1) is 0 Å². The van der Waals surface area contributed by atoms with Crippen molar-refractivity contribution in [3.63, 3.8) is 0 Å². The Labute approximate surface area is 242 Å². The van der Waals surface area contributed by atoms with Gasteiger partial charge in [0.15, 0.2) is 0 Å². The second-order valence-electron chi connectivity index (χ2n) is 10.6. The minimum atomic E-state index is -4.19. The van der Waals surface area contributed by atoms with E-state index in [2.05, 4.69) is 5.32 Å². The fraction of sp³-hybridized carbons (Fsp3) is 0.375. The maximum Gasteiger partial charge on any atom is 0.264 e. The molecule has 0 heterocycles. The Morgan fingerprint density at radius 2 is 1.56 bits per heavy atom. The van der Waals surface area contributed by atoms with Crippen molar-refractivity contribution in [3.8, 4) is 0 Å². The zero-order valence-electron chi connectivity index (χ0n) is 23.6. The topological polar surface area (TPSA) is 86.8 Å². The van der Waals surface area contributed by atoms with Gasteiger partial charge in [0, 0.05) is 12.6 Å². The van der Waals surface area contributed by atoms with Gasteiger partial charge < -0.3 is 10.2 Å². The molecule has 3 aromatic rings. The Bertz CT molecular complexity index is 1410. The van der Waals surface area contributed by atoms with E-state index in [1.807, 2.05) is 37.3 Å². The lowest BCUT2D eigenvalue weighted by atomic mass is 9.95. The van der Waals surface area contributed by atoms with E-state index in [1.54, 1.807) is 19.1 Å². The van der Waals surface area contributed by atoms with Crippen molar-refractivity contribution in [1.82, 2.24) is 10.2 Å². The fourth-order valence-corrected chi connectivity index (χ4v) is 6.53. The molecule has 0 aliphatic heterocycles. The van der Waals surface area contributed by atoms with E-state index in [9.17, 15) is 22.4 Å². The number of aryl methyl sites for hydroxylation is 1. The van der Waals surface area contributed by atoms with Gasteiger partial charge in [0.25, 0.3) is 10.0 Å². The number of carbonyl (C=O) groups excluding carboxylic acids is 2. The first-order valence-electron chi connectivity index (χ1n) is 14.1. The molecule has 4 rings (SSSR count). The Hall–Kier alpha value is -3.72. The first-order valence-corrected chi connectivity index (χ1v) is 15.6. The molecule has 0 aromatic heterocycles. The van der Waals surface area contributed by atoms with Crippen LogP contribution in [0.2, 0.25) is 0 Å². The first-order chi connectivity index (χ1) is 19.6. The van der Waals surface area contributed by atoms with Crippen LogP contribution in [0.4, 0.5) is 10.1 Å². The predicted octanol–water partition coefficient (Wildman–Crippen LogP) is 5.24. The molecule has 9 heteroatoms. The Morgan fingerprint density at radius 3 is 2.20 bits per heavy atom. The van der Waals surface area contributed by atoms with Crippen molar-refractivity contribution in [2.24, 2.45) is 0 Å². The number of anilines is 1. The van der Waals surface area contributed by atoms with Gasteiger partial charge in [-0.2, -0.15) is 0 Å². The molecule has 1 atom stereocenters. The highest BCUT2D eigenvalue weighted by Gasteiger charge is 2.33.